The predicted molar refractivity (Wildman–Crippen MR) is 136 cm³/mol. The van der Waals surface area contributed by atoms with Crippen LogP contribution in [0.2, 0.25) is 5.02 Å². The molecule has 1 N–H and O–H groups in total. The predicted octanol–water partition coefficient (Wildman–Crippen LogP) is 4.96. The van der Waals surface area contributed by atoms with Crippen LogP contribution in [-0.4, -0.2) is 34.0 Å². The highest BCUT2D eigenvalue weighted by atomic mass is 35.5. The fourth-order valence-corrected chi connectivity index (χ4v) is 4.98. The zero-order valence-electron chi connectivity index (χ0n) is 19.8. The van der Waals surface area contributed by atoms with Crippen LogP contribution in [0.5, 0.6) is 5.75 Å². The van der Waals surface area contributed by atoms with Crippen LogP contribution in [0, 0.1) is 27.7 Å². The molecule has 0 saturated carbocycles. The highest BCUT2D eigenvalue weighted by Gasteiger charge is 2.28. The van der Waals surface area contributed by atoms with Crippen molar-refractivity contribution in [2.45, 2.75) is 32.6 Å². The van der Waals surface area contributed by atoms with Crippen LogP contribution < -0.4 is 14.4 Å². The lowest BCUT2D eigenvalue weighted by Crippen LogP contribution is -2.42. The Morgan fingerprint density at radius 1 is 0.912 bits per heavy atom. The normalized spacial score (nSPS) is 11.2. The summed E-state index contributed by atoms with van der Waals surface area (Å²) in [4.78, 5) is 12.9. The third kappa shape index (κ3) is 6.30. The molecule has 8 heteroatoms. The molecule has 0 radical (unpaired) electrons. The molecule has 0 aliphatic carbocycles. The number of aryl methyl sites for hydroxylation is 4. The first-order chi connectivity index (χ1) is 16.1. The fraction of sp³-hybridized carbons (Fsp3) is 0.269. The number of sulfonamides is 1. The second-order valence-electron chi connectivity index (χ2n) is 8.22. The molecule has 6 nitrogen and oxygen atoms in total. The molecule has 180 valence electrons. The summed E-state index contributed by atoms with van der Waals surface area (Å²) in [5, 5.41) is 3.35. The number of carbonyl (C=O) groups is 1. The summed E-state index contributed by atoms with van der Waals surface area (Å²) in [6.45, 7) is 7.59. The summed E-state index contributed by atoms with van der Waals surface area (Å²) < 4.78 is 33.8. The molecule has 0 aliphatic heterocycles. The minimum absolute atomic E-state index is 0.131. The van der Waals surface area contributed by atoms with Gasteiger partial charge in [-0.25, -0.2) is 8.42 Å². The Morgan fingerprint density at radius 2 is 1.56 bits per heavy atom. The van der Waals surface area contributed by atoms with E-state index in [2.05, 4.69) is 5.32 Å². The van der Waals surface area contributed by atoms with Gasteiger partial charge in [0, 0.05) is 5.02 Å². The summed E-state index contributed by atoms with van der Waals surface area (Å²) in [5.41, 5.74) is 4.03. The molecular weight excluding hydrogens is 472 g/mol. The van der Waals surface area contributed by atoms with Crippen LogP contribution in [0.1, 0.15) is 22.3 Å². The highest BCUT2D eigenvalue weighted by Crippen LogP contribution is 2.28. The van der Waals surface area contributed by atoms with Crippen LogP contribution >= 0.6 is 11.6 Å². The molecule has 0 aromatic heterocycles. The van der Waals surface area contributed by atoms with Crippen LogP contribution in [0.15, 0.2) is 65.6 Å². The SMILES string of the molecule is Cc1ccc(S(=O)(=O)N(CC(=O)NCCOc2ccc(C)c(Cl)c2)c2cc(C)ccc2C)cc1. The summed E-state index contributed by atoms with van der Waals surface area (Å²) >= 11 is 6.11. The lowest BCUT2D eigenvalue weighted by molar-refractivity contribution is -0.119. The van der Waals surface area contributed by atoms with Crippen molar-refractivity contribution in [1.29, 1.82) is 0 Å². The second kappa shape index (κ2) is 10.9. The number of nitrogens with zero attached hydrogens (tertiary/aromatic N) is 1. The van der Waals surface area contributed by atoms with Gasteiger partial charge in [0.2, 0.25) is 5.91 Å². The van der Waals surface area contributed by atoms with Gasteiger partial charge in [-0.05, 0) is 74.7 Å². The average molecular weight is 501 g/mol. The van der Waals surface area contributed by atoms with Gasteiger partial charge in [-0.15, -0.1) is 0 Å². The van der Waals surface area contributed by atoms with Crippen molar-refractivity contribution in [3.63, 3.8) is 0 Å². The Balaban J connectivity index is 1.74. The zero-order chi connectivity index (χ0) is 24.9. The van der Waals surface area contributed by atoms with Gasteiger partial charge in [0.1, 0.15) is 18.9 Å². The Hall–Kier alpha value is -3.03. The second-order valence-corrected chi connectivity index (χ2v) is 10.5. The lowest BCUT2D eigenvalue weighted by atomic mass is 10.1. The monoisotopic (exact) mass is 500 g/mol. The molecule has 0 aliphatic rings. The Bertz CT molecular complexity index is 1270. The van der Waals surface area contributed by atoms with E-state index in [0.29, 0.717) is 16.5 Å². The van der Waals surface area contributed by atoms with E-state index >= 15 is 0 Å². The maximum absolute atomic E-state index is 13.5. The number of benzene rings is 3. The van der Waals surface area contributed by atoms with Gasteiger partial charge in [0.15, 0.2) is 0 Å². The van der Waals surface area contributed by atoms with Crippen molar-refractivity contribution in [2.75, 3.05) is 24.0 Å². The van der Waals surface area contributed by atoms with Gasteiger partial charge in [0.05, 0.1) is 17.1 Å². The first-order valence-corrected chi connectivity index (χ1v) is 12.7. The third-order valence-electron chi connectivity index (χ3n) is 5.37. The first kappa shape index (κ1) is 25.6. The number of anilines is 1. The molecule has 0 spiro atoms. The number of nitrogens with one attached hydrogen (secondary N) is 1. The molecule has 0 heterocycles. The van der Waals surface area contributed by atoms with Crippen molar-refractivity contribution < 1.29 is 17.9 Å². The van der Waals surface area contributed by atoms with Gasteiger partial charge >= 0.3 is 0 Å². The maximum atomic E-state index is 13.5. The summed E-state index contributed by atoms with van der Waals surface area (Å²) in [7, 11) is -3.96. The van der Waals surface area contributed by atoms with E-state index in [4.69, 9.17) is 16.3 Å². The molecule has 3 aromatic carbocycles. The lowest BCUT2D eigenvalue weighted by Gasteiger charge is -2.26. The molecule has 0 bridgehead atoms. The number of hydrogen-bond acceptors (Lipinski definition) is 4. The minimum Gasteiger partial charge on any atom is -0.492 e. The molecule has 3 aromatic rings. The molecule has 0 fully saturated rings. The van der Waals surface area contributed by atoms with E-state index in [1.54, 1.807) is 42.5 Å². The van der Waals surface area contributed by atoms with Crippen molar-refractivity contribution in [2.24, 2.45) is 0 Å². The Kier molecular flexibility index (Phi) is 8.23. The van der Waals surface area contributed by atoms with Crippen molar-refractivity contribution in [3.8, 4) is 5.75 Å². The minimum atomic E-state index is -3.96. The molecule has 3 rings (SSSR count). The Morgan fingerprint density at radius 3 is 2.24 bits per heavy atom. The van der Waals surface area contributed by atoms with Gasteiger partial charge in [-0.3, -0.25) is 9.10 Å². The van der Waals surface area contributed by atoms with E-state index in [1.165, 1.54) is 0 Å². The molecule has 34 heavy (non-hydrogen) atoms. The molecule has 0 atom stereocenters. The number of carbonyl (C=O) groups excluding carboxylic acids is 1. The molecule has 0 unspecified atom stereocenters. The highest BCUT2D eigenvalue weighted by molar-refractivity contribution is 7.92. The van der Waals surface area contributed by atoms with E-state index < -0.39 is 15.9 Å². The van der Waals surface area contributed by atoms with Gasteiger partial charge in [-0.2, -0.15) is 0 Å². The Labute approximate surface area is 206 Å². The number of amides is 1. The third-order valence-corrected chi connectivity index (χ3v) is 7.55. The van der Waals surface area contributed by atoms with Crippen LogP contribution in [0.4, 0.5) is 5.69 Å². The smallest absolute Gasteiger partial charge is 0.264 e. The molecule has 1 amide bonds. The molecular formula is C26H29ClN2O4S. The van der Waals surface area contributed by atoms with Crippen molar-refractivity contribution in [3.05, 3.63) is 87.9 Å². The van der Waals surface area contributed by atoms with Gasteiger partial charge in [0.25, 0.3) is 10.0 Å². The first-order valence-electron chi connectivity index (χ1n) is 10.9. The van der Waals surface area contributed by atoms with E-state index in [0.717, 1.165) is 26.6 Å². The standard InChI is InChI=1S/C26H29ClN2O4S/c1-18-6-11-23(12-7-18)34(31,32)29(25-15-19(2)5-8-21(25)4)17-26(30)28-13-14-33-22-10-9-20(3)24(27)16-22/h5-12,15-16H,13-14,17H2,1-4H3,(H,28,30). The van der Waals surface area contributed by atoms with E-state index in [9.17, 15) is 13.2 Å². The fourth-order valence-electron chi connectivity index (χ4n) is 3.33. The van der Waals surface area contributed by atoms with Crippen LogP contribution in [0.25, 0.3) is 0 Å². The van der Waals surface area contributed by atoms with Gasteiger partial charge < -0.3 is 10.1 Å². The summed E-state index contributed by atoms with van der Waals surface area (Å²) in [6, 6.07) is 17.5. The summed E-state index contributed by atoms with van der Waals surface area (Å²) in [6.07, 6.45) is 0. The topological polar surface area (TPSA) is 75.7 Å². The largest absolute Gasteiger partial charge is 0.492 e. The average Bonchev–Trinajstić information content (AvgIpc) is 2.79. The number of rotatable bonds is 9. The van der Waals surface area contributed by atoms with Crippen LogP contribution in [0.3, 0.4) is 0 Å². The summed E-state index contributed by atoms with van der Waals surface area (Å²) in [5.74, 6) is 0.172. The van der Waals surface area contributed by atoms with Crippen molar-refractivity contribution in [1.82, 2.24) is 5.32 Å². The quantitative estimate of drug-likeness (QED) is 0.421. The van der Waals surface area contributed by atoms with Crippen LogP contribution in [-0.2, 0) is 14.8 Å². The maximum Gasteiger partial charge on any atom is 0.264 e. The van der Waals surface area contributed by atoms with Gasteiger partial charge in [-0.1, -0.05) is 47.5 Å². The van der Waals surface area contributed by atoms with E-state index in [-0.39, 0.29) is 24.6 Å². The number of hydrogen-bond donors (Lipinski definition) is 1. The number of ether oxygens (including phenoxy) is 1. The van der Waals surface area contributed by atoms with Crippen molar-refractivity contribution >= 4 is 33.2 Å². The zero-order valence-corrected chi connectivity index (χ0v) is 21.3. The number of halogens is 1. The molecule has 0 saturated heterocycles. The van der Waals surface area contributed by atoms with E-state index in [1.807, 2.05) is 45.9 Å².